The lowest BCUT2D eigenvalue weighted by Gasteiger charge is -2.45. The maximum Gasteiger partial charge on any atom is 0.153 e. The molecule has 4 heteroatoms. The summed E-state index contributed by atoms with van der Waals surface area (Å²) in [5, 5.41) is 11.7. The molecule has 0 aliphatic carbocycles. The Morgan fingerprint density at radius 2 is 1.50 bits per heavy atom. The highest BCUT2D eigenvalue weighted by Crippen LogP contribution is 2.42. The molecule has 1 aliphatic heterocycles. The first-order valence-corrected chi connectivity index (χ1v) is 12.4. The zero-order valence-corrected chi connectivity index (χ0v) is 21.0. The molecule has 0 bridgehead atoms. The summed E-state index contributed by atoms with van der Waals surface area (Å²) < 4.78 is 6.55. The zero-order chi connectivity index (χ0) is 22.4. The van der Waals surface area contributed by atoms with Gasteiger partial charge in [-0.3, -0.25) is 4.90 Å². The summed E-state index contributed by atoms with van der Waals surface area (Å²) in [5.74, 6) is 2.06. The molecule has 1 saturated heterocycles. The van der Waals surface area contributed by atoms with Gasteiger partial charge in [0.1, 0.15) is 5.75 Å². The minimum atomic E-state index is -0.385. The number of para-hydroxylation sites is 1. The molecule has 3 nitrogen and oxygen atoms in total. The van der Waals surface area contributed by atoms with Crippen LogP contribution in [0, 0.1) is 22.7 Å². The predicted octanol–water partition coefficient (Wildman–Crippen LogP) is 6.27. The lowest BCUT2D eigenvalue weighted by molar-refractivity contribution is -0.0797. The van der Waals surface area contributed by atoms with Gasteiger partial charge in [0, 0.05) is 19.5 Å². The van der Waals surface area contributed by atoms with E-state index in [0.29, 0.717) is 0 Å². The average molecular weight is 436 g/mol. The standard InChI is InChI=1S/C26H45NO2S/c1-25(2,3)21(15-18-30)24(28)22(26(4,5)6)19-23(27-16-11-8-12-17-27)29-20-13-9-7-10-14-20/h7,9-10,13-14,21-24,28,30H,8,11-12,15-19H2,1-6H3. The molecule has 1 aromatic carbocycles. The van der Waals surface area contributed by atoms with Crippen molar-refractivity contribution in [2.75, 3.05) is 18.8 Å². The highest BCUT2D eigenvalue weighted by molar-refractivity contribution is 7.80. The SMILES string of the molecule is CC(C)(C)C(CCS)C(O)C(CC(Oc1ccccc1)N1CCCCC1)C(C)(C)C. The predicted molar refractivity (Wildman–Crippen MR) is 131 cm³/mol. The number of nitrogens with zero attached hydrogens (tertiary/aromatic N) is 1. The topological polar surface area (TPSA) is 32.7 Å². The molecular formula is C26H45NO2S. The maximum atomic E-state index is 11.7. The minimum absolute atomic E-state index is 0.0109. The fourth-order valence-electron chi connectivity index (χ4n) is 4.89. The van der Waals surface area contributed by atoms with Gasteiger partial charge in [0.05, 0.1) is 6.10 Å². The Kier molecular flexibility index (Phi) is 9.57. The van der Waals surface area contributed by atoms with E-state index in [0.717, 1.165) is 37.4 Å². The molecule has 1 aromatic rings. The maximum absolute atomic E-state index is 11.7. The monoisotopic (exact) mass is 435 g/mol. The largest absolute Gasteiger partial charge is 0.475 e. The number of rotatable bonds is 9. The van der Waals surface area contributed by atoms with Crippen molar-refractivity contribution in [1.29, 1.82) is 0 Å². The Morgan fingerprint density at radius 1 is 0.933 bits per heavy atom. The molecule has 4 atom stereocenters. The third-order valence-electron chi connectivity index (χ3n) is 6.76. The number of hydrogen-bond acceptors (Lipinski definition) is 4. The van der Waals surface area contributed by atoms with Crippen molar-refractivity contribution in [3.05, 3.63) is 30.3 Å². The Labute approximate surface area is 191 Å². The van der Waals surface area contributed by atoms with Crippen LogP contribution in [0.4, 0.5) is 0 Å². The summed E-state index contributed by atoms with van der Waals surface area (Å²) in [6.45, 7) is 15.7. The molecule has 172 valence electrons. The molecule has 4 unspecified atom stereocenters. The van der Waals surface area contributed by atoms with Gasteiger partial charge in [-0.05, 0) is 59.8 Å². The normalized spacial score (nSPS) is 20.4. The number of likely N-dealkylation sites (tertiary alicyclic amines) is 1. The van der Waals surface area contributed by atoms with Crippen molar-refractivity contribution in [1.82, 2.24) is 4.90 Å². The lowest BCUT2D eigenvalue weighted by Crippen LogP contribution is -2.49. The van der Waals surface area contributed by atoms with Crippen molar-refractivity contribution < 1.29 is 9.84 Å². The van der Waals surface area contributed by atoms with Gasteiger partial charge in [0.2, 0.25) is 0 Å². The summed E-state index contributed by atoms with van der Waals surface area (Å²) in [6.07, 6.45) is 5.11. The second-order valence-electron chi connectivity index (χ2n) is 11.2. The van der Waals surface area contributed by atoms with E-state index in [2.05, 4.69) is 59.1 Å². The van der Waals surface area contributed by atoms with Crippen LogP contribution in [0.15, 0.2) is 30.3 Å². The van der Waals surface area contributed by atoms with E-state index < -0.39 is 0 Å². The molecule has 0 amide bonds. The Morgan fingerprint density at radius 3 is 2.00 bits per heavy atom. The number of hydrogen-bond donors (Lipinski definition) is 2. The summed E-state index contributed by atoms with van der Waals surface area (Å²) in [5.41, 5.74) is 0.0140. The van der Waals surface area contributed by atoms with E-state index in [9.17, 15) is 5.11 Å². The van der Waals surface area contributed by atoms with Crippen LogP contribution in [-0.4, -0.2) is 41.2 Å². The zero-order valence-electron chi connectivity index (χ0n) is 20.1. The quantitative estimate of drug-likeness (QED) is 0.448. The lowest BCUT2D eigenvalue weighted by atomic mass is 9.65. The summed E-state index contributed by atoms with van der Waals surface area (Å²) in [7, 11) is 0. The Bertz CT molecular complexity index is 602. The molecule has 0 radical (unpaired) electrons. The summed E-state index contributed by atoms with van der Waals surface area (Å²) in [4.78, 5) is 2.49. The van der Waals surface area contributed by atoms with Crippen LogP contribution in [0.25, 0.3) is 0 Å². The van der Waals surface area contributed by atoms with E-state index in [4.69, 9.17) is 4.74 Å². The van der Waals surface area contributed by atoms with Crippen LogP contribution < -0.4 is 4.74 Å². The van der Waals surface area contributed by atoms with Crippen molar-refractivity contribution >= 4 is 12.6 Å². The molecule has 30 heavy (non-hydrogen) atoms. The third-order valence-corrected chi connectivity index (χ3v) is 7.02. The van der Waals surface area contributed by atoms with Gasteiger partial charge >= 0.3 is 0 Å². The first-order chi connectivity index (χ1) is 14.0. The number of benzene rings is 1. The molecule has 0 aromatic heterocycles. The highest BCUT2D eigenvalue weighted by atomic mass is 32.1. The van der Waals surface area contributed by atoms with Gasteiger partial charge < -0.3 is 9.84 Å². The molecule has 2 rings (SSSR count). The van der Waals surface area contributed by atoms with Crippen LogP contribution in [0.2, 0.25) is 0 Å². The third kappa shape index (κ3) is 7.46. The first-order valence-electron chi connectivity index (χ1n) is 11.8. The minimum Gasteiger partial charge on any atom is -0.475 e. The molecule has 0 saturated carbocycles. The number of aliphatic hydroxyl groups is 1. The van der Waals surface area contributed by atoms with Gasteiger partial charge in [-0.1, -0.05) is 66.2 Å². The fourth-order valence-corrected chi connectivity index (χ4v) is 5.17. The molecule has 0 spiro atoms. The van der Waals surface area contributed by atoms with Gasteiger partial charge in [0.25, 0.3) is 0 Å². The molecule has 1 aliphatic rings. The van der Waals surface area contributed by atoms with E-state index in [1.807, 2.05) is 30.3 Å². The summed E-state index contributed by atoms with van der Waals surface area (Å²) >= 11 is 4.50. The van der Waals surface area contributed by atoms with Crippen molar-refractivity contribution in [3.8, 4) is 5.75 Å². The Balaban J connectivity index is 2.30. The van der Waals surface area contributed by atoms with E-state index in [1.165, 1.54) is 19.3 Å². The smallest absolute Gasteiger partial charge is 0.153 e. The fraction of sp³-hybridized carbons (Fsp3) is 0.769. The average Bonchev–Trinajstić information content (AvgIpc) is 2.68. The van der Waals surface area contributed by atoms with Crippen molar-refractivity contribution in [3.63, 3.8) is 0 Å². The van der Waals surface area contributed by atoms with Crippen LogP contribution in [0.3, 0.4) is 0 Å². The van der Waals surface area contributed by atoms with Gasteiger partial charge in [-0.25, -0.2) is 0 Å². The number of thiol groups is 1. The van der Waals surface area contributed by atoms with Gasteiger partial charge in [0.15, 0.2) is 6.23 Å². The van der Waals surface area contributed by atoms with Gasteiger partial charge in [-0.15, -0.1) is 0 Å². The number of aliphatic hydroxyl groups excluding tert-OH is 1. The number of ether oxygens (including phenoxy) is 1. The van der Waals surface area contributed by atoms with E-state index in [-0.39, 0.29) is 35.0 Å². The molecule has 1 heterocycles. The molecular weight excluding hydrogens is 390 g/mol. The van der Waals surface area contributed by atoms with Crippen LogP contribution in [0.5, 0.6) is 5.75 Å². The highest BCUT2D eigenvalue weighted by Gasteiger charge is 2.42. The van der Waals surface area contributed by atoms with Crippen LogP contribution >= 0.6 is 12.6 Å². The van der Waals surface area contributed by atoms with Gasteiger partial charge in [-0.2, -0.15) is 12.6 Å². The number of piperidine rings is 1. The van der Waals surface area contributed by atoms with E-state index >= 15 is 0 Å². The van der Waals surface area contributed by atoms with Crippen LogP contribution in [0.1, 0.15) is 73.6 Å². The molecule has 1 N–H and O–H groups in total. The molecule has 1 fully saturated rings. The second kappa shape index (κ2) is 11.2. The van der Waals surface area contributed by atoms with Crippen molar-refractivity contribution in [2.45, 2.75) is 86.0 Å². The Hall–Kier alpha value is -0.710. The van der Waals surface area contributed by atoms with Crippen molar-refractivity contribution in [2.24, 2.45) is 22.7 Å². The summed E-state index contributed by atoms with van der Waals surface area (Å²) in [6, 6.07) is 10.2. The second-order valence-corrected chi connectivity index (χ2v) is 11.6. The van der Waals surface area contributed by atoms with Crippen LogP contribution in [-0.2, 0) is 0 Å². The van der Waals surface area contributed by atoms with E-state index in [1.54, 1.807) is 0 Å². The first kappa shape index (κ1) is 25.5.